The average molecular weight is 277 g/mol. The third-order valence-corrected chi connectivity index (χ3v) is 3.82. The summed E-state index contributed by atoms with van der Waals surface area (Å²) in [7, 11) is 0. The molecule has 5 heteroatoms. The molecule has 0 aliphatic heterocycles. The van der Waals surface area contributed by atoms with E-state index in [1.54, 1.807) is 24.3 Å². The lowest BCUT2D eigenvalue weighted by Crippen LogP contribution is -2.41. The van der Waals surface area contributed by atoms with Crippen molar-refractivity contribution in [1.82, 2.24) is 0 Å². The second kappa shape index (κ2) is 7.05. The van der Waals surface area contributed by atoms with Gasteiger partial charge in [0.25, 0.3) is 0 Å². The Morgan fingerprint density at radius 3 is 2.10 bits per heavy atom. The second-order valence-corrected chi connectivity index (χ2v) is 4.99. The van der Waals surface area contributed by atoms with Crippen LogP contribution in [0.4, 0.5) is 5.69 Å². The van der Waals surface area contributed by atoms with Crippen LogP contribution in [0.5, 0.6) is 0 Å². The van der Waals surface area contributed by atoms with Crippen molar-refractivity contribution in [2.24, 2.45) is 16.9 Å². The maximum absolute atomic E-state index is 12.3. The molecule has 0 heterocycles. The van der Waals surface area contributed by atoms with Gasteiger partial charge in [0.05, 0.1) is 11.8 Å². The molecule has 110 valence electrons. The molecule has 0 aliphatic rings. The number of rotatable bonds is 7. The first-order valence-electron chi connectivity index (χ1n) is 6.86. The quantitative estimate of drug-likeness (QED) is 0.703. The summed E-state index contributed by atoms with van der Waals surface area (Å²) in [5.74, 6) is -0.437. The Bertz CT molecular complexity index is 456. The van der Waals surface area contributed by atoms with Gasteiger partial charge in [-0.2, -0.15) is 0 Å². The van der Waals surface area contributed by atoms with Crippen LogP contribution in [-0.4, -0.2) is 18.4 Å². The van der Waals surface area contributed by atoms with Crippen molar-refractivity contribution in [3.05, 3.63) is 29.8 Å². The van der Waals surface area contributed by atoms with Gasteiger partial charge in [-0.25, -0.2) is 0 Å². The van der Waals surface area contributed by atoms with E-state index in [0.717, 1.165) is 5.56 Å². The zero-order valence-corrected chi connectivity index (χ0v) is 12.1. The van der Waals surface area contributed by atoms with Crippen molar-refractivity contribution in [3.63, 3.8) is 0 Å². The molecule has 0 saturated carbocycles. The summed E-state index contributed by atoms with van der Waals surface area (Å²) in [6.45, 7) is 4.25. The highest BCUT2D eigenvalue weighted by atomic mass is 16.2. The highest BCUT2D eigenvalue weighted by Gasteiger charge is 2.33. The fourth-order valence-corrected chi connectivity index (χ4v) is 2.12. The molecule has 0 fully saturated rings. The maximum atomic E-state index is 12.3. The van der Waals surface area contributed by atoms with Crippen molar-refractivity contribution >= 4 is 17.5 Å². The van der Waals surface area contributed by atoms with Crippen LogP contribution in [0.15, 0.2) is 24.3 Å². The largest absolute Gasteiger partial charge is 0.369 e. The normalized spacial score (nSPS) is 11.2. The van der Waals surface area contributed by atoms with E-state index in [9.17, 15) is 9.59 Å². The van der Waals surface area contributed by atoms with Crippen LogP contribution in [0.3, 0.4) is 0 Å². The summed E-state index contributed by atoms with van der Waals surface area (Å²) < 4.78 is 0. The first kappa shape index (κ1) is 16.2. The molecule has 0 atom stereocenters. The van der Waals surface area contributed by atoms with E-state index in [1.165, 1.54) is 0 Å². The molecule has 1 rings (SSSR count). The minimum Gasteiger partial charge on any atom is -0.369 e. The Morgan fingerprint density at radius 2 is 1.70 bits per heavy atom. The molecule has 0 unspecified atom stereocenters. The molecule has 5 nitrogen and oxygen atoms in total. The molecule has 5 N–H and O–H groups in total. The molecule has 1 aromatic rings. The number of hydrogen-bond donors (Lipinski definition) is 3. The van der Waals surface area contributed by atoms with Gasteiger partial charge in [-0.15, -0.1) is 0 Å². The number of amides is 2. The number of primary amides is 1. The van der Waals surface area contributed by atoms with Crippen molar-refractivity contribution < 1.29 is 9.59 Å². The summed E-state index contributed by atoms with van der Waals surface area (Å²) >= 11 is 0. The Hall–Kier alpha value is -1.88. The van der Waals surface area contributed by atoms with Gasteiger partial charge in [0.1, 0.15) is 0 Å². The molecule has 0 aliphatic carbocycles. The minimum absolute atomic E-state index is 0.0624. The minimum atomic E-state index is -0.522. The molecule has 0 saturated heterocycles. The van der Waals surface area contributed by atoms with Gasteiger partial charge in [-0.05, 0) is 30.5 Å². The molecule has 2 amide bonds. The number of carbonyl (C=O) groups excluding carboxylic acids is 2. The molecule has 0 bridgehead atoms. The standard InChI is InChI=1S/C15H23N3O2/c1-3-15(4-2,10-16)14(20)18-12-7-5-11(6-8-12)9-13(17)19/h5-8H,3-4,9-10,16H2,1-2H3,(H2,17,19)(H,18,20). The summed E-state index contributed by atoms with van der Waals surface area (Å²) in [4.78, 5) is 23.1. The van der Waals surface area contributed by atoms with Gasteiger partial charge in [-0.3, -0.25) is 9.59 Å². The molecule has 1 aromatic carbocycles. The van der Waals surface area contributed by atoms with Crippen molar-refractivity contribution in [3.8, 4) is 0 Å². The van der Waals surface area contributed by atoms with E-state index >= 15 is 0 Å². The lowest BCUT2D eigenvalue weighted by atomic mass is 9.81. The van der Waals surface area contributed by atoms with Gasteiger partial charge in [0, 0.05) is 12.2 Å². The van der Waals surface area contributed by atoms with Crippen LogP contribution in [-0.2, 0) is 16.0 Å². The van der Waals surface area contributed by atoms with E-state index in [-0.39, 0.29) is 18.2 Å². The summed E-state index contributed by atoms with van der Waals surface area (Å²) in [6, 6.07) is 7.09. The zero-order valence-electron chi connectivity index (χ0n) is 12.1. The monoisotopic (exact) mass is 277 g/mol. The fourth-order valence-electron chi connectivity index (χ4n) is 2.12. The highest BCUT2D eigenvalue weighted by molar-refractivity contribution is 5.95. The topological polar surface area (TPSA) is 98.2 Å². The number of nitrogens with two attached hydrogens (primary N) is 2. The molecule has 0 aromatic heterocycles. The third-order valence-electron chi connectivity index (χ3n) is 3.82. The molecule has 0 radical (unpaired) electrons. The molecule has 20 heavy (non-hydrogen) atoms. The Balaban J connectivity index is 2.78. The number of anilines is 1. The van der Waals surface area contributed by atoms with Gasteiger partial charge in [0.2, 0.25) is 11.8 Å². The highest BCUT2D eigenvalue weighted by Crippen LogP contribution is 2.27. The first-order chi connectivity index (χ1) is 9.47. The van der Waals surface area contributed by atoms with Crippen LogP contribution in [0, 0.1) is 5.41 Å². The fraction of sp³-hybridized carbons (Fsp3) is 0.467. The predicted octanol–water partition coefficient (Wildman–Crippen LogP) is 1.42. The maximum Gasteiger partial charge on any atom is 0.231 e. The summed E-state index contributed by atoms with van der Waals surface area (Å²) in [5, 5.41) is 2.88. The van der Waals surface area contributed by atoms with Crippen LogP contribution in [0.2, 0.25) is 0 Å². The van der Waals surface area contributed by atoms with Gasteiger partial charge in [0.15, 0.2) is 0 Å². The molecular formula is C15H23N3O2. The second-order valence-electron chi connectivity index (χ2n) is 4.99. The van der Waals surface area contributed by atoms with Gasteiger partial charge >= 0.3 is 0 Å². The van der Waals surface area contributed by atoms with Crippen LogP contribution < -0.4 is 16.8 Å². The Kier molecular flexibility index (Phi) is 5.70. The number of nitrogens with one attached hydrogen (secondary N) is 1. The number of benzene rings is 1. The van der Waals surface area contributed by atoms with E-state index in [0.29, 0.717) is 25.1 Å². The predicted molar refractivity (Wildman–Crippen MR) is 80.0 cm³/mol. The zero-order chi connectivity index (χ0) is 15.2. The molecular weight excluding hydrogens is 254 g/mol. The van der Waals surface area contributed by atoms with Gasteiger partial charge < -0.3 is 16.8 Å². The van der Waals surface area contributed by atoms with E-state index in [2.05, 4.69) is 5.32 Å². The third kappa shape index (κ3) is 3.81. The van der Waals surface area contributed by atoms with Crippen LogP contribution >= 0.6 is 0 Å². The van der Waals surface area contributed by atoms with E-state index in [1.807, 2.05) is 13.8 Å². The smallest absolute Gasteiger partial charge is 0.231 e. The first-order valence-corrected chi connectivity index (χ1v) is 6.86. The SMILES string of the molecule is CCC(CC)(CN)C(=O)Nc1ccc(CC(N)=O)cc1. The Morgan fingerprint density at radius 1 is 1.15 bits per heavy atom. The molecule has 0 spiro atoms. The average Bonchev–Trinajstić information content (AvgIpc) is 2.43. The van der Waals surface area contributed by atoms with Crippen LogP contribution in [0.25, 0.3) is 0 Å². The summed E-state index contributed by atoms with van der Waals surface area (Å²) in [6.07, 6.45) is 1.60. The van der Waals surface area contributed by atoms with Crippen molar-refractivity contribution in [2.45, 2.75) is 33.1 Å². The number of carbonyl (C=O) groups is 2. The Labute approximate surface area is 119 Å². The van der Waals surface area contributed by atoms with Gasteiger partial charge in [-0.1, -0.05) is 26.0 Å². The lowest BCUT2D eigenvalue weighted by Gasteiger charge is -2.28. The lowest BCUT2D eigenvalue weighted by molar-refractivity contribution is -0.125. The summed E-state index contributed by atoms with van der Waals surface area (Å²) in [5.41, 5.74) is 11.9. The van der Waals surface area contributed by atoms with Crippen molar-refractivity contribution in [2.75, 3.05) is 11.9 Å². The number of hydrogen-bond acceptors (Lipinski definition) is 3. The van der Waals surface area contributed by atoms with Crippen LogP contribution in [0.1, 0.15) is 32.3 Å². The van der Waals surface area contributed by atoms with E-state index < -0.39 is 5.41 Å². The van der Waals surface area contributed by atoms with E-state index in [4.69, 9.17) is 11.5 Å². The van der Waals surface area contributed by atoms with Crippen molar-refractivity contribution in [1.29, 1.82) is 0 Å².